The Kier molecular flexibility index (Phi) is 15.1. The SMILES string of the molecule is CCNC(=NCCCCN(C)C(C)C)NC(C)C(C)C.I. The van der Waals surface area contributed by atoms with Gasteiger partial charge in [-0.05, 0) is 60.0 Å². The number of hydrogen-bond acceptors (Lipinski definition) is 2. The first-order chi connectivity index (χ1) is 9.38. The molecule has 0 saturated heterocycles. The van der Waals surface area contributed by atoms with Crippen molar-refractivity contribution in [1.29, 1.82) is 0 Å². The summed E-state index contributed by atoms with van der Waals surface area (Å²) in [6.07, 6.45) is 2.35. The van der Waals surface area contributed by atoms with Crippen molar-refractivity contribution in [2.45, 2.75) is 66.5 Å². The van der Waals surface area contributed by atoms with Gasteiger partial charge in [0.05, 0.1) is 0 Å². The van der Waals surface area contributed by atoms with E-state index in [9.17, 15) is 0 Å². The smallest absolute Gasteiger partial charge is 0.191 e. The summed E-state index contributed by atoms with van der Waals surface area (Å²) in [6.45, 7) is 16.2. The fourth-order valence-corrected chi connectivity index (χ4v) is 1.62. The number of hydrogen-bond donors (Lipinski definition) is 2. The van der Waals surface area contributed by atoms with Crippen LogP contribution >= 0.6 is 24.0 Å². The van der Waals surface area contributed by atoms with E-state index in [-0.39, 0.29) is 24.0 Å². The first kappa shape index (κ1) is 23.2. The van der Waals surface area contributed by atoms with Crippen LogP contribution < -0.4 is 10.6 Å². The minimum atomic E-state index is 0. The summed E-state index contributed by atoms with van der Waals surface area (Å²) in [6, 6.07) is 1.07. The van der Waals surface area contributed by atoms with Crippen LogP contribution in [0.25, 0.3) is 0 Å². The minimum Gasteiger partial charge on any atom is -0.357 e. The minimum absolute atomic E-state index is 0. The van der Waals surface area contributed by atoms with E-state index < -0.39 is 0 Å². The molecule has 0 radical (unpaired) electrons. The Morgan fingerprint density at radius 3 is 2.19 bits per heavy atom. The molecule has 1 atom stereocenters. The van der Waals surface area contributed by atoms with E-state index in [2.05, 4.69) is 69.1 Å². The molecule has 0 saturated carbocycles. The van der Waals surface area contributed by atoms with E-state index in [1.54, 1.807) is 0 Å². The lowest BCUT2D eigenvalue weighted by Crippen LogP contribution is -2.44. The van der Waals surface area contributed by atoms with Crippen LogP contribution in [0.4, 0.5) is 0 Å². The van der Waals surface area contributed by atoms with Crippen molar-refractivity contribution in [2.24, 2.45) is 10.9 Å². The van der Waals surface area contributed by atoms with Gasteiger partial charge in [-0.2, -0.15) is 0 Å². The van der Waals surface area contributed by atoms with Crippen LogP contribution in [0.3, 0.4) is 0 Å². The lowest BCUT2D eigenvalue weighted by Gasteiger charge is -2.21. The summed E-state index contributed by atoms with van der Waals surface area (Å²) in [4.78, 5) is 7.04. The summed E-state index contributed by atoms with van der Waals surface area (Å²) in [5.74, 6) is 1.56. The second-order valence-electron chi connectivity index (χ2n) is 6.22. The monoisotopic (exact) mass is 412 g/mol. The van der Waals surface area contributed by atoms with E-state index in [0.29, 0.717) is 18.0 Å². The van der Waals surface area contributed by atoms with Gasteiger partial charge in [0.2, 0.25) is 0 Å². The lowest BCUT2D eigenvalue weighted by atomic mass is 10.1. The van der Waals surface area contributed by atoms with E-state index in [4.69, 9.17) is 0 Å². The maximum atomic E-state index is 4.65. The summed E-state index contributed by atoms with van der Waals surface area (Å²) in [5.41, 5.74) is 0. The first-order valence-corrected chi connectivity index (χ1v) is 8.13. The van der Waals surface area contributed by atoms with Crippen molar-refractivity contribution in [3.05, 3.63) is 0 Å². The molecule has 4 nitrogen and oxygen atoms in total. The number of unbranched alkanes of at least 4 members (excludes halogenated alkanes) is 1. The summed E-state index contributed by atoms with van der Waals surface area (Å²) < 4.78 is 0. The second kappa shape index (κ2) is 13.6. The highest BCUT2D eigenvalue weighted by Gasteiger charge is 2.08. The molecule has 5 heteroatoms. The molecular weight excluding hydrogens is 375 g/mol. The highest BCUT2D eigenvalue weighted by molar-refractivity contribution is 14.0. The molecule has 0 aromatic heterocycles. The quantitative estimate of drug-likeness (QED) is 0.264. The van der Waals surface area contributed by atoms with Crippen molar-refractivity contribution in [3.8, 4) is 0 Å². The van der Waals surface area contributed by atoms with Crippen molar-refractivity contribution in [3.63, 3.8) is 0 Å². The topological polar surface area (TPSA) is 39.7 Å². The maximum absolute atomic E-state index is 4.65. The lowest BCUT2D eigenvalue weighted by molar-refractivity contribution is 0.269. The molecule has 0 spiro atoms. The molecule has 0 aromatic carbocycles. The predicted molar refractivity (Wildman–Crippen MR) is 106 cm³/mol. The van der Waals surface area contributed by atoms with Crippen LogP contribution in [-0.4, -0.2) is 49.6 Å². The van der Waals surface area contributed by atoms with Gasteiger partial charge in [0.15, 0.2) is 5.96 Å². The van der Waals surface area contributed by atoms with Gasteiger partial charge in [-0.25, -0.2) is 0 Å². The zero-order valence-electron chi connectivity index (χ0n) is 15.1. The van der Waals surface area contributed by atoms with Crippen LogP contribution in [0.5, 0.6) is 0 Å². The molecule has 1 unspecified atom stereocenters. The normalized spacial score (nSPS) is 13.5. The van der Waals surface area contributed by atoms with E-state index in [1.807, 2.05) is 0 Å². The Morgan fingerprint density at radius 1 is 1.10 bits per heavy atom. The summed E-state index contributed by atoms with van der Waals surface area (Å²) >= 11 is 0. The Hall–Kier alpha value is -0.0400. The molecule has 0 fully saturated rings. The van der Waals surface area contributed by atoms with Crippen LogP contribution in [-0.2, 0) is 0 Å². The van der Waals surface area contributed by atoms with Crippen molar-refractivity contribution in [2.75, 3.05) is 26.7 Å². The molecule has 0 rings (SSSR count). The second-order valence-corrected chi connectivity index (χ2v) is 6.22. The number of aliphatic imine (C=N–C) groups is 1. The molecule has 0 bridgehead atoms. The van der Waals surface area contributed by atoms with E-state index >= 15 is 0 Å². The molecular formula is C16H37IN4. The average molecular weight is 412 g/mol. The highest BCUT2D eigenvalue weighted by Crippen LogP contribution is 2.00. The molecule has 0 aliphatic rings. The standard InChI is InChI=1S/C16H36N4.HI/c1-8-17-16(19-15(6)13(2)3)18-11-9-10-12-20(7)14(4)5;/h13-15H,8-12H2,1-7H3,(H2,17,18,19);1H. The predicted octanol–water partition coefficient (Wildman–Crippen LogP) is 3.32. The van der Waals surface area contributed by atoms with Gasteiger partial charge < -0.3 is 15.5 Å². The van der Waals surface area contributed by atoms with Gasteiger partial charge in [-0.15, -0.1) is 24.0 Å². The molecule has 0 aromatic rings. The third kappa shape index (κ3) is 12.2. The number of nitrogens with one attached hydrogen (secondary N) is 2. The molecule has 21 heavy (non-hydrogen) atoms. The maximum Gasteiger partial charge on any atom is 0.191 e. The van der Waals surface area contributed by atoms with Crippen LogP contribution in [0.1, 0.15) is 54.4 Å². The van der Waals surface area contributed by atoms with Crippen LogP contribution in [0.2, 0.25) is 0 Å². The molecule has 0 aliphatic carbocycles. The molecule has 0 amide bonds. The Balaban J connectivity index is 0. The highest BCUT2D eigenvalue weighted by atomic mass is 127. The van der Waals surface area contributed by atoms with E-state index in [1.165, 1.54) is 6.42 Å². The third-order valence-electron chi connectivity index (χ3n) is 3.78. The molecule has 128 valence electrons. The van der Waals surface area contributed by atoms with Gasteiger partial charge in [0.1, 0.15) is 0 Å². The Morgan fingerprint density at radius 2 is 1.71 bits per heavy atom. The van der Waals surface area contributed by atoms with Gasteiger partial charge in [-0.3, -0.25) is 4.99 Å². The summed E-state index contributed by atoms with van der Waals surface area (Å²) in [7, 11) is 2.18. The van der Waals surface area contributed by atoms with Gasteiger partial charge >= 0.3 is 0 Å². The zero-order chi connectivity index (χ0) is 15.5. The summed E-state index contributed by atoms with van der Waals surface area (Å²) in [5, 5.41) is 6.78. The first-order valence-electron chi connectivity index (χ1n) is 8.13. The number of rotatable bonds is 9. The Labute approximate surface area is 149 Å². The molecule has 0 heterocycles. The molecule has 0 aliphatic heterocycles. The Bertz CT molecular complexity index is 267. The van der Waals surface area contributed by atoms with Crippen LogP contribution in [0, 0.1) is 5.92 Å². The number of guanidine groups is 1. The number of nitrogens with zero attached hydrogens (tertiary/aromatic N) is 2. The van der Waals surface area contributed by atoms with Crippen molar-refractivity contribution >= 4 is 29.9 Å². The third-order valence-corrected chi connectivity index (χ3v) is 3.78. The van der Waals surface area contributed by atoms with Gasteiger partial charge in [0, 0.05) is 25.2 Å². The number of halogens is 1. The fraction of sp³-hybridized carbons (Fsp3) is 0.938. The van der Waals surface area contributed by atoms with Crippen molar-refractivity contribution in [1.82, 2.24) is 15.5 Å². The fourth-order valence-electron chi connectivity index (χ4n) is 1.62. The largest absolute Gasteiger partial charge is 0.357 e. The van der Waals surface area contributed by atoms with Gasteiger partial charge in [0.25, 0.3) is 0 Å². The molecule has 2 N–H and O–H groups in total. The average Bonchev–Trinajstić information content (AvgIpc) is 2.37. The van der Waals surface area contributed by atoms with Crippen LogP contribution in [0.15, 0.2) is 4.99 Å². The van der Waals surface area contributed by atoms with Gasteiger partial charge in [-0.1, -0.05) is 13.8 Å². The van der Waals surface area contributed by atoms with Crippen molar-refractivity contribution < 1.29 is 0 Å². The van der Waals surface area contributed by atoms with E-state index in [0.717, 1.165) is 32.0 Å². The zero-order valence-corrected chi connectivity index (χ0v) is 17.4.